The number of para-hydroxylation sites is 1. The molecule has 0 saturated carbocycles. The molecule has 88 valence electrons. The van der Waals surface area contributed by atoms with Crippen LogP contribution in [0, 0.1) is 12.3 Å². The summed E-state index contributed by atoms with van der Waals surface area (Å²) in [5.74, 6) is 3.19. The van der Waals surface area contributed by atoms with Crippen LogP contribution in [0.2, 0.25) is 0 Å². The molecule has 0 aliphatic rings. The van der Waals surface area contributed by atoms with Gasteiger partial charge in [-0.1, -0.05) is 36.3 Å². The molecule has 0 radical (unpaired) electrons. The zero-order valence-corrected chi connectivity index (χ0v) is 9.91. The Labute approximate surface area is 107 Å². The van der Waals surface area contributed by atoms with E-state index in [1.165, 1.54) is 0 Å². The Balaban J connectivity index is 2.10. The molecule has 0 aromatic heterocycles. The van der Waals surface area contributed by atoms with Gasteiger partial charge in [-0.2, -0.15) is 0 Å². The lowest BCUT2D eigenvalue weighted by molar-refractivity contribution is 0.370. The van der Waals surface area contributed by atoms with Crippen molar-refractivity contribution in [2.45, 2.75) is 0 Å². The quantitative estimate of drug-likeness (QED) is 0.587. The second kappa shape index (κ2) is 6.27. The maximum atomic E-state index is 5.35. The van der Waals surface area contributed by atoms with Gasteiger partial charge < -0.3 is 4.74 Å². The molecule has 0 aliphatic heterocycles. The van der Waals surface area contributed by atoms with E-state index in [0.29, 0.717) is 0 Å². The third kappa shape index (κ3) is 3.50. The first-order chi connectivity index (χ1) is 8.88. The number of terminal acetylenes is 1. The van der Waals surface area contributed by atoms with Gasteiger partial charge in [-0.05, 0) is 29.8 Å². The van der Waals surface area contributed by atoms with Crippen LogP contribution in [-0.2, 0) is 0 Å². The Kier molecular flexibility index (Phi) is 4.16. The highest BCUT2D eigenvalue weighted by Gasteiger charge is 1.94. The lowest BCUT2D eigenvalue weighted by Gasteiger charge is -2.02. The highest BCUT2D eigenvalue weighted by atomic mass is 16.5. The zero-order valence-electron chi connectivity index (χ0n) is 9.91. The van der Waals surface area contributed by atoms with Crippen LogP contribution < -0.4 is 4.74 Å². The Morgan fingerprint density at radius 1 is 1.11 bits per heavy atom. The van der Waals surface area contributed by atoms with Crippen molar-refractivity contribution >= 4 is 11.9 Å². The van der Waals surface area contributed by atoms with Crippen LogP contribution in [0.1, 0.15) is 5.56 Å². The van der Waals surface area contributed by atoms with Gasteiger partial charge in [0, 0.05) is 6.21 Å². The fourth-order valence-electron chi connectivity index (χ4n) is 1.47. The van der Waals surface area contributed by atoms with E-state index in [1.807, 2.05) is 54.6 Å². The van der Waals surface area contributed by atoms with Crippen molar-refractivity contribution in [1.82, 2.24) is 0 Å². The highest BCUT2D eigenvalue weighted by molar-refractivity contribution is 5.82. The molecule has 0 atom stereocenters. The average molecular weight is 235 g/mol. The van der Waals surface area contributed by atoms with E-state index in [4.69, 9.17) is 11.2 Å². The summed E-state index contributed by atoms with van der Waals surface area (Å²) < 4.78 is 5.35. The topological polar surface area (TPSA) is 21.6 Å². The first kappa shape index (κ1) is 11.9. The molecule has 2 rings (SSSR count). The number of benzene rings is 2. The van der Waals surface area contributed by atoms with Gasteiger partial charge in [-0.25, -0.2) is 0 Å². The Morgan fingerprint density at radius 3 is 2.72 bits per heavy atom. The van der Waals surface area contributed by atoms with Crippen molar-refractivity contribution in [3.63, 3.8) is 0 Å². The summed E-state index contributed by atoms with van der Waals surface area (Å²) in [6, 6.07) is 17.4. The van der Waals surface area contributed by atoms with Crippen molar-refractivity contribution in [2.75, 3.05) is 6.61 Å². The van der Waals surface area contributed by atoms with Crippen molar-refractivity contribution in [3.8, 4) is 18.1 Å². The summed E-state index contributed by atoms with van der Waals surface area (Å²) in [5.41, 5.74) is 1.90. The van der Waals surface area contributed by atoms with Crippen LogP contribution in [0.4, 0.5) is 5.69 Å². The first-order valence-electron chi connectivity index (χ1n) is 5.64. The maximum absolute atomic E-state index is 5.35. The minimum absolute atomic E-state index is 0.277. The van der Waals surface area contributed by atoms with E-state index in [9.17, 15) is 0 Å². The van der Waals surface area contributed by atoms with Crippen LogP contribution in [-0.4, -0.2) is 12.8 Å². The standard InChI is InChI=1S/C16H13NO/c1-2-11-18-16-10-6-7-14(12-16)13-17-15-8-4-3-5-9-15/h1,3-10,12-13H,11H2. The summed E-state index contributed by atoms with van der Waals surface area (Å²) in [6.07, 6.45) is 6.95. The molecule has 0 aliphatic carbocycles. The normalized spacial score (nSPS) is 10.2. The molecule has 2 nitrogen and oxygen atoms in total. The Hall–Kier alpha value is -2.53. The summed E-state index contributed by atoms with van der Waals surface area (Å²) in [4.78, 5) is 4.38. The van der Waals surface area contributed by atoms with Crippen LogP contribution in [0.3, 0.4) is 0 Å². The molecule has 0 saturated heterocycles. The van der Waals surface area contributed by atoms with Gasteiger partial charge in [0.25, 0.3) is 0 Å². The van der Waals surface area contributed by atoms with Gasteiger partial charge in [0.15, 0.2) is 0 Å². The van der Waals surface area contributed by atoms with E-state index in [0.717, 1.165) is 17.0 Å². The van der Waals surface area contributed by atoms with Crippen molar-refractivity contribution < 1.29 is 4.74 Å². The molecule has 0 N–H and O–H groups in total. The molecule has 0 bridgehead atoms. The van der Waals surface area contributed by atoms with Gasteiger partial charge in [0.1, 0.15) is 12.4 Å². The van der Waals surface area contributed by atoms with Crippen LogP contribution in [0.15, 0.2) is 59.6 Å². The number of hydrogen-bond donors (Lipinski definition) is 0. The summed E-state index contributed by atoms with van der Waals surface area (Å²) in [5, 5.41) is 0. The molecular weight excluding hydrogens is 222 g/mol. The average Bonchev–Trinajstić information content (AvgIpc) is 2.44. The van der Waals surface area contributed by atoms with Gasteiger partial charge in [-0.15, -0.1) is 6.42 Å². The minimum Gasteiger partial charge on any atom is -0.481 e. The Bertz CT molecular complexity index is 567. The zero-order chi connectivity index (χ0) is 12.6. The number of aliphatic imine (C=N–C) groups is 1. The van der Waals surface area contributed by atoms with E-state index >= 15 is 0 Å². The van der Waals surface area contributed by atoms with Crippen LogP contribution in [0.25, 0.3) is 0 Å². The van der Waals surface area contributed by atoms with E-state index < -0.39 is 0 Å². The smallest absolute Gasteiger partial charge is 0.148 e. The van der Waals surface area contributed by atoms with Gasteiger partial charge in [0.05, 0.1) is 5.69 Å². The Morgan fingerprint density at radius 2 is 1.94 bits per heavy atom. The third-order valence-corrected chi connectivity index (χ3v) is 2.30. The monoisotopic (exact) mass is 235 g/mol. The summed E-state index contributed by atoms with van der Waals surface area (Å²) in [6.45, 7) is 0.277. The predicted molar refractivity (Wildman–Crippen MR) is 74.5 cm³/mol. The first-order valence-corrected chi connectivity index (χ1v) is 5.64. The van der Waals surface area contributed by atoms with Crippen LogP contribution >= 0.6 is 0 Å². The SMILES string of the molecule is C#CCOc1cccc(C=Nc2ccccc2)c1. The molecule has 0 fully saturated rings. The lowest BCUT2D eigenvalue weighted by Crippen LogP contribution is -1.93. The molecule has 0 heterocycles. The predicted octanol–water partition coefficient (Wildman–Crippen LogP) is 3.45. The molecule has 0 unspecified atom stereocenters. The lowest BCUT2D eigenvalue weighted by atomic mass is 10.2. The summed E-state index contributed by atoms with van der Waals surface area (Å²) >= 11 is 0. The number of hydrogen-bond acceptors (Lipinski definition) is 2. The fourth-order valence-corrected chi connectivity index (χ4v) is 1.47. The van der Waals surface area contributed by atoms with Crippen LogP contribution in [0.5, 0.6) is 5.75 Å². The second-order valence-corrected chi connectivity index (χ2v) is 3.66. The van der Waals surface area contributed by atoms with Crippen molar-refractivity contribution in [3.05, 3.63) is 60.2 Å². The highest BCUT2D eigenvalue weighted by Crippen LogP contribution is 2.14. The third-order valence-electron chi connectivity index (χ3n) is 2.30. The van der Waals surface area contributed by atoms with E-state index in [2.05, 4.69) is 10.9 Å². The summed E-state index contributed by atoms with van der Waals surface area (Å²) in [7, 11) is 0. The molecule has 2 aromatic carbocycles. The molecular formula is C16H13NO. The largest absolute Gasteiger partial charge is 0.481 e. The van der Waals surface area contributed by atoms with E-state index in [-0.39, 0.29) is 6.61 Å². The van der Waals surface area contributed by atoms with Crippen molar-refractivity contribution in [1.29, 1.82) is 0 Å². The number of nitrogens with zero attached hydrogens (tertiary/aromatic N) is 1. The maximum Gasteiger partial charge on any atom is 0.148 e. The molecule has 18 heavy (non-hydrogen) atoms. The molecule has 2 aromatic rings. The van der Waals surface area contributed by atoms with Gasteiger partial charge >= 0.3 is 0 Å². The van der Waals surface area contributed by atoms with E-state index in [1.54, 1.807) is 6.21 Å². The van der Waals surface area contributed by atoms with Crippen molar-refractivity contribution in [2.24, 2.45) is 4.99 Å². The van der Waals surface area contributed by atoms with Gasteiger partial charge in [0.2, 0.25) is 0 Å². The molecule has 0 amide bonds. The fraction of sp³-hybridized carbons (Fsp3) is 0.0625. The minimum atomic E-state index is 0.277. The molecule has 0 spiro atoms. The molecule has 2 heteroatoms. The number of rotatable bonds is 4. The second-order valence-electron chi connectivity index (χ2n) is 3.66. The van der Waals surface area contributed by atoms with Gasteiger partial charge in [-0.3, -0.25) is 4.99 Å². The number of ether oxygens (including phenoxy) is 1.